The maximum atomic E-state index is 11.4. The molecule has 1 amide bonds. The van der Waals surface area contributed by atoms with Crippen LogP contribution in [-0.2, 0) is 4.79 Å². The van der Waals surface area contributed by atoms with E-state index in [9.17, 15) is 4.79 Å². The van der Waals surface area contributed by atoms with Gasteiger partial charge in [-0.05, 0) is 12.3 Å². The number of H-pyrrole nitrogens is 1. The van der Waals surface area contributed by atoms with E-state index < -0.39 is 0 Å². The van der Waals surface area contributed by atoms with Crippen LogP contribution in [0.25, 0.3) is 11.2 Å². The summed E-state index contributed by atoms with van der Waals surface area (Å²) in [6.45, 7) is 5.41. The molecule has 21 heavy (non-hydrogen) atoms. The Morgan fingerprint density at radius 1 is 1.43 bits per heavy atom. The summed E-state index contributed by atoms with van der Waals surface area (Å²) >= 11 is 0. The van der Waals surface area contributed by atoms with Crippen LogP contribution < -0.4 is 10.2 Å². The summed E-state index contributed by atoms with van der Waals surface area (Å²) < 4.78 is 0. The lowest BCUT2D eigenvalue weighted by molar-refractivity contribution is -0.119. The number of amides is 1. The van der Waals surface area contributed by atoms with Crippen LogP contribution in [0.1, 0.15) is 26.7 Å². The Labute approximate surface area is 123 Å². The van der Waals surface area contributed by atoms with Gasteiger partial charge in [0.25, 0.3) is 0 Å². The van der Waals surface area contributed by atoms with Crippen LogP contribution in [0.5, 0.6) is 0 Å². The molecule has 2 aromatic heterocycles. The fraction of sp³-hybridized carbons (Fsp3) is 0.571. The molecule has 0 aliphatic carbocycles. The second-order valence-electron chi connectivity index (χ2n) is 5.56. The Morgan fingerprint density at radius 3 is 3.05 bits per heavy atom. The van der Waals surface area contributed by atoms with Crippen LogP contribution >= 0.6 is 0 Å². The van der Waals surface area contributed by atoms with Crippen molar-refractivity contribution in [3.05, 3.63) is 12.7 Å². The van der Waals surface area contributed by atoms with E-state index in [1.165, 1.54) is 0 Å². The van der Waals surface area contributed by atoms with Crippen molar-refractivity contribution in [2.24, 2.45) is 5.92 Å². The first-order valence-electron chi connectivity index (χ1n) is 7.35. The monoisotopic (exact) mass is 288 g/mol. The van der Waals surface area contributed by atoms with E-state index in [1.54, 1.807) is 19.6 Å². The standard InChI is InChI=1S/C14H20N6O/c1-3-4-10-5-20(6-11(10)19-9(2)21)14-12-13(16-7-15-12)17-8-18-14/h7-8,10-11H,3-6H2,1-2H3,(H,19,21)(H,15,16,17,18). The third kappa shape index (κ3) is 2.68. The van der Waals surface area contributed by atoms with E-state index in [2.05, 4.69) is 37.1 Å². The molecule has 1 aliphatic heterocycles. The Hall–Kier alpha value is -2.18. The molecule has 2 N–H and O–H groups in total. The molecule has 0 spiro atoms. The van der Waals surface area contributed by atoms with Crippen molar-refractivity contribution in [3.8, 4) is 0 Å². The fourth-order valence-corrected chi connectivity index (χ4v) is 3.12. The minimum atomic E-state index is 0.0253. The molecule has 2 unspecified atom stereocenters. The predicted molar refractivity (Wildman–Crippen MR) is 79.9 cm³/mol. The molecule has 7 nitrogen and oxygen atoms in total. The number of imidazole rings is 1. The van der Waals surface area contributed by atoms with Crippen molar-refractivity contribution in [3.63, 3.8) is 0 Å². The van der Waals surface area contributed by atoms with Gasteiger partial charge in [-0.15, -0.1) is 0 Å². The maximum Gasteiger partial charge on any atom is 0.217 e. The number of fused-ring (bicyclic) bond motifs is 1. The van der Waals surface area contributed by atoms with E-state index in [1.807, 2.05) is 0 Å². The summed E-state index contributed by atoms with van der Waals surface area (Å²) in [6, 6.07) is 0.176. The zero-order chi connectivity index (χ0) is 14.8. The maximum absolute atomic E-state index is 11.4. The number of rotatable bonds is 4. The average molecular weight is 288 g/mol. The van der Waals surface area contributed by atoms with Crippen molar-refractivity contribution < 1.29 is 4.79 Å². The van der Waals surface area contributed by atoms with Gasteiger partial charge in [0.05, 0.1) is 12.4 Å². The highest BCUT2D eigenvalue weighted by Gasteiger charge is 2.34. The normalized spacial score (nSPS) is 21.9. The number of hydrogen-bond donors (Lipinski definition) is 2. The molecular formula is C14H20N6O. The molecule has 0 radical (unpaired) electrons. The van der Waals surface area contributed by atoms with Gasteiger partial charge in [0.1, 0.15) is 11.8 Å². The van der Waals surface area contributed by atoms with Gasteiger partial charge in [-0.25, -0.2) is 15.0 Å². The first-order chi connectivity index (χ1) is 10.2. The molecule has 3 rings (SSSR count). The van der Waals surface area contributed by atoms with Gasteiger partial charge in [0.15, 0.2) is 11.5 Å². The first kappa shape index (κ1) is 13.8. The lowest BCUT2D eigenvalue weighted by atomic mass is 9.98. The van der Waals surface area contributed by atoms with E-state index in [0.29, 0.717) is 11.6 Å². The topological polar surface area (TPSA) is 86.8 Å². The van der Waals surface area contributed by atoms with Crippen molar-refractivity contribution in [2.75, 3.05) is 18.0 Å². The molecule has 0 bridgehead atoms. The number of nitrogens with zero attached hydrogens (tertiary/aromatic N) is 4. The summed E-state index contributed by atoms with van der Waals surface area (Å²) in [5, 5.41) is 3.07. The van der Waals surface area contributed by atoms with Crippen molar-refractivity contribution >= 4 is 22.9 Å². The fourth-order valence-electron chi connectivity index (χ4n) is 3.12. The van der Waals surface area contributed by atoms with Gasteiger partial charge in [0.2, 0.25) is 5.91 Å². The van der Waals surface area contributed by atoms with Gasteiger partial charge in [-0.3, -0.25) is 4.79 Å². The lowest BCUT2D eigenvalue weighted by Gasteiger charge is -2.18. The minimum absolute atomic E-state index is 0.0253. The summed E-state index contributed by atoms with van der Waals surface area (Å²) in [5.41, 5.74) is 1.53. The highest BCUT2D eigenvalue weighted by atomic mass is 16.1. The lowest BCUT2D eigenvalue weighted by Crippen LogP contribution is -2.39. The predicted octanol–water partition coefficient (Wildman–Crippen LogP) is 1.09. The first-order valence-corrected chi connectivity index (χ1v) is 7.35. The van der Waals surface area contributed by atoms with E-state index >= 15 is 0 Å². The van der Waals surface area contributed by atoms with Crippen LogP contribution in [0.2, 0.25) is 0 Å². The van der Waals surface area contributed by atoms with Crippen LogP contribution in [0, 0.1) is 5.92 Å². The minimum Gasteiger partial charge on any atom is -0.352 e. The largest absolute Gasteiger partial charge is 0.352 e. The van der Waals surface area contributed by atoms with Crippen molar-refractivity contribution in [1.29, 1.82) is 0 Å². The molecule has 3 heterocycles. The molecule has 1 aliphatic rings. The van der Waals surface area contributed by atoms with Gasteiger partial charge >= 0.3 is 0 Å². The van der Waals surface area contributed by atoms with Gasteiger partial charge in [0, 0.05) is 20.0 Å². The summed E-state index contributed by atoms with van der Waals surface area (Å²) in [5.74, 6) is 1.34. The Morgan fingerprint density at radius 2 is 2.29 bits per heavy atom. The molecular weight excluding hydrogens is 268 g/mol. The number of hydrogen-bond acceptors (Lipinski definition) is 5. The van der Waals surface area contributed by atoms with Crippen LogP contribution in [0.3, 0.4) is 0 Å². The van der Waals surface area contributed by atoms with Crippen LogP contribution in [0.15, 0.2) is 12.7 Å². The Bertz CT molecular complexity index is 639. The SMILES string of the molecule is CCCC1CN(c2ncnc3nc[nH]c23)CC1NC(C)=O. The quantitative estimate of drug-likeness (QED) is 0.879. The molecule has 0 aromatic carbocycles. The Kier molecular flexibility index (Phi) is 3.72. The van der Waals surface area contributed by atoms with E-state index in [0.717, 1.165) is 37.3 Å². The molecule has 112 valence electrons. The summed E-state index contributed by atoms with van der Waals surface area (Å²) in [6.07, 6.45) is 5.38. The van der Waals surface area contributed by atoms with Crippen molar-refractivity contribution in [2.45, 2.75) is 32.7 Å². The number of aromatic nitrogens is 4. The molecule has 2 aromatic rings. The number of nitrogens with one attached hydrogen (secondary N) is 2. The van der Waals surface area contributed by atoms with Crippen molar-refractivity contribution in [1.82, 2.24) is 25.3 Å². The number of carbonyl (C=O) groups is 1. The average Bonchev–Trinajstić information content (AvgIpc) is 3.05. The molecule has 7 heteroatoms. The van der Waals surface area contributed by atoms with E-state index in [4.69, 9.17) is 0 Å². The smallest absolute Gasteiger partial charge is 0.217 e. The third-order valence-corrected chi connectivity index (χ3v) is 3.99. The summed E-state index contributed by atoms with van der Waals surface area (Å²) in [4.78, 5) is 29.4. The molecule has 0 saturated carbocycles. The highest BCUT2D eigenvalue weighted by molar-refractivity contribution is 5.83. The number of carbonyl (C=O) groups excluding carboxylic acids is 1. The summed E-state index contributed by atoms with van der Waals surface area (Å²) in [7, 11) is 0. The number of anilines is 1. The van der Waals surface area contributed by atoms with Crippen LogP contribution in [-0.4, -0.2) is 45.0 Å². The Balaban J connectivity index is 1.86. The third-order valence-electron chi connectivity index (χ3n) is 3.99. The van der Waals surface area contributed by atoms with Gasteiger partial charge in [-0.1, -0.05) is 13.3 Å². The molecule has 1 saturated heterocycles. The zero-order valence-corrected chi connectivity index (χ0v) is 12.3. The van der Waals surface area contributed by atoms with E-state index in [-0.39, 0.29) is 11.9 Å². The highest BCUT2D eigenvalue weighted by Crippen LogP contribution is 2.28. The molecule has 2 atom stereocenters. The van der Waals surface area contributed by atoms with Crippen LogP contribution in [0.4, 0.5) is 5.82 Å². The zero-order valence-electron chi connectivity index (χ0n) is 12.3. The molecule has 1 fully saturated rings. The second-order valence-corrected chi connectivity index (χ2v) is 5.56. The second kappa shape index (κ2) is 5.67. The van der Waals surface area contributed by atoms with Gasteiger partial charge < -0.3 is 15.2 Å². The number of aromatic amines is 1. The van der Waals surface area contributed by atoms with Gasteiger partial charge in [-0.2, -0.15) is 0 Å².